The summed E-state index contributed by atoms with van der Waals surface area (Å²) in [6, 6.07) is 24.5. The number of carbonyl (C=O) groups is 2. The minimum atomic E-state index is -0.536. The molecule has 2 amide bonds. The predicted molar refractivity (Wildman–Crippen MR) is 122 cm³/mol. The standard InChI is InChI=1S/C25H21N3O4/c1-31-22-13-11-21(12-14-22)27-24(29)17-32-23-10-6-5-7-18(23)15-19(16-26)25(30)28-20-8-3-2-4-9-20/h2-15H,17H2,1H3,(H,27,29)(H,28,30). The third-order valence-electron chi connectivity index (χ3n) is 4.35. The van der Waals surface area contributed by atoms with Crippen molar-refractivity contribution >= 4 is 29.3 Å². The Hall–Kier alpha value is -4.57. The molecule has 0 unspecified atom stereocenters. The Kier molecular flexibility index (Phi) is 7.60. The summed E-state index contributed by atoms with van der Waals surface area (Å²) < 4.78 is 10.7. The molecule has 3 aromatic carbocycles. The fourth-order valence-corrected chi connectivity index (χ4v) is 2.77. The van der Waals surface area contributed by atoms with Crippen molar-refractivity contribution in [2.75, 3.05) is 24.4 Å². The van der Waals surface area contributed by atoms with Gasteiger partial charge in [-0.3, -0.25) is 9.59 Å². The molecule has 0 aromatic heterocycles. The highest BCUT2D eigenvalue weighted by Crippen LogP contribution is 2.22. The van der Waals surface area contributed by atoms with E-state index in [9.17, 15) is 14.9 Å². The number of amides is 2. The first-order valence-electron chi connectivity index (χ1n) is 9.73. The zero-order chi connectivity index (χ0) is 22.8. The molecule has 0 atom stereocenters. The van der Waals surface area contributed by atoms with Crippen LogP contribution in [0.1, 0.15) is 5.56 Å². The topological polar surface area (TPSA) is 100 Å². The number of methoxy groups -OCH3 is 1. The van der Waals surface area contributed by atoms with Gasteiger partial charge in [0.2, 0.25) is 0 Å². The number of hydrogen-bond acceptors (Lipinski definition) is 5. The minimum absolute atomic E-state index is 0.0902. The maximum absolute atomic E-state index is 12.5. The minimum Gasteiger partial charge on any atom is -0.497 e. The Morgan fingerprint density at radius 2 is 1.56 bits per heavy atom. The average Bonchev–Trinajstić information content (AvgIpc) is 2.83. The van der Waals surface area contributed by atoms with Crippen molar-refractivity contribution in [3.63, 3.8) is 0 Å². The number of nitriles is 1. The van der Waals surface area contributed by atoms with Crippen molar-refractivity contribution in [3.05, 3.63) is 90.0 Å². The summed E-state index contributed by atoms with van der Waals surface area (Å²) in [5.41, 5.74) is 1.60. The summed E-state index contributed by atoms with van der Waals surface area (Å²) in [6.45, 7) is -0.241. The van der Waals surface area contributed by atoms with Crippen LogP contribution in [0.15, 0.2) is 84.4 Å². The molecule has 0 radical (unpaired) electrons. The summed E-state index contributed by atoms with van der Waals surface area (Å²) in [6.07, 6.45) is 1.43. The molecule has 2 N–H and O–H groups in total. The molecular formula is C25H21N3O4. The van der Waals surface area contributed by atoms with Gasteiger partial charge in [-0.1, -0.05) is 36.4 Å². The molecule has 0 heterocycles. The second kappa shape index (κ2) is 11.0. The van der Waals surface area contributed by atoms with Gasteiger partial charge in [0.25, 0.3) is 11.8 Å². The van der Waals surface area contributed by atoms with Crippen molar-refractivity contribution in [2.24, 2.45) is 0 Å². The summed E-state index contributed by atoms with van der Waals surface area (Å²) in [7, 11) is 1.57. The van der Waals surface area contributed by atoms with Crippen molar-refractivity contribution in [2.45, 2.75) is 0 Å². The lowest BCUT2D eigenvalue weighted by atomic mass is 10.1. The zero-order valence-electron chi connectivity index (χ0n) is 17.4. The van der Waals surface area contributed by atoms with Crippen LogP contribution < -0.4 is 20.1 Å². The van der Waals surface area contributed by atoms with Gasteiger partial charge in [0, 0.05) is 16.9 Å². The molecule has 3 aromatic rings. The van der Waals surface area contributed by atoms with Crippen molar-refractivity contribution in [3.8, 4) is 17.6 Å². The molecule has 0 spiro atoms. The summed E-state index contributed by atoms with van der Waals surface area (Å²) >= 11 is 0. The van der Waals surface area contributed by atoms with E-state index in [1.165, 1.54) is 6.08 Å². The number of benzene rings is 3. The highest BCUT2D eigenvalue weighted by molar-refractivity contribution is 6.09. The highest BCUT2D eigenvalue weighted by Gasteiger charge is 2.12. The number of rotatable bonds is 8. The number of anilines is 2. The van der Waals surface area contributed by atoms with Gasteiger partial charge in [-0.15, -0.1) is 0 Å². The van der Waals surface area contributed by atoms with E-state index in [4.69, 9.17) is 9.47 Å². The molecule has 0 aliphatic rings. The smallest absolute Gasteiger partial charge is 0.266 e. The van der Waals surface area contributed by atoms with Crippen LogP contribution in [0.3, 0.4) is 0 Å². The highest BCUT2D eigenvalue weighted by atomic mass is 16.5. The lowest BCUT2D eigenvalue weighted by Crippen LogP contribution is -2.20. The first-order chi connectivity index (χ1) is 15.6. The SMILES string of the molecule is COc1ccc(NC(=O)COc2ccccc2C=C(C#N)C(=O)Nc2ccccc2)cc1. The fourth-order valence-electron chi connectivity index (χ4n) is 2.77. The Morgan fingerprint density at radius 1 is 0.906 bits per heavy atom. The second-order valence-corrected chi connectivity index (χ2v) is 6.59. The summed E-state index contributed by atoms with van der Waals surface area (Å²) in [5, 5.41) is 14.9. The third kappa shape index (κ3) is 6.21. The molecule has 160 valence electrons. The van der Waals surface area contributed by atoms with Crippen LogP contribution in [0.5, 0.6) is 11.5 Å². The molecule has 7 heteroatoms. The lowest BCUT2D eigenvalue weighted by Gasteiger charge is -2.10. The van der Waals surface area contributed by atoms with Gasteiger partial charge in [0.1, 0.15) is 23.1 Å². The molecule has 0 aliphatic heterocycles. The van der Waals surface area contributed by atoms with Gasteiger partial charge in [-0.05, 0) is 48.5 Å². The molecule has 3 rings (SSSR count). The normalized spacial score (nSPS) is 10.6. The van der Waals surface area contributed by atoms with Gasteiger partial charge in [-0.2, -0.15) is 5.26 Å². The van der Waals surface area contributed by atoms with Crippen LogP contribution in [0.4, 0.5) is 11.4 Å². The fraction of sp³-hybridized carbons (Fsp3) is 0.0800. The van der Waals surface area contributed by atoms with Crippen LogP contribution in [0, 0.1) is 11.3 Å². The van der Waals surface area contributed by atoms with E-state index in [1.54, 1.807) is 79.9 Å². The van der Waals surface area contributed by atoms with E-state index in [-0.39, 0.29) is 18.1 Å². The van der Waals surface area contributed by atoms with Gasteiger partial charge >= 0.3 is 0 Å². The lowest BCUT2D eigenvalue weighted by molar-refractivity contribution is -0.118. The Morgan fingerprint density at radius 3 is 2.25 bits per heavy atom. The molecule has 7 nitrogen and oxygen atoms in total. The quantitative estimate of drug-likeness (QED) is 0.413. The summed E-state index contributed by atoms with van der Waals surface area (Å²) in [4.78, 5) is 24.7. The maximum atomic E-state index is 12.5. The average molecular weight is 427 g/mol. The van der Waals surface area contributed by atoms with Crippen LogP contribution in [-0.2, 0) is 9.59 Å². The van der Waals surface area contributed by atoms with E-state index in [0.717, 1.165) is 0 Å². The van der Waals surface area contributed by atoms with Gasteiger partial charge in [0.15, 0.2) is 6.61 Å². The Labute approximate surface area is 185 Å². The number of hydrogen-bond donors (Lipinski definition) is 2. The van der Waals surface area contributed by atoms with Gasteiger partial charge < -0.3 is 20.1 Å². The Bertz CT molecular complexity index is 1150. The third-order valence-corrected chi connectivity index (χ3v) is 4.35. The van der Waals surface area contributed by atoms with Crippen molar-refractivity contribution < 1.29 is 19.1 Å². The zero-order valence-corrected chi connectivity index (χ0v) is 17.4. The molecule has 32 heavy (non-hydrogen) atoms. The molecule has 0 saturated heterocycles. The number of carbonyl (C=O) groups excluding carboxylic acids is 2. The summed E-state index contributed by atoms with van der Waals surface area (Å²) in [5.74, 6) is 0.171. The Balaban J connectivity index is 1.66. The molecule has 0 bridgehead atoms. The molecular weight excluding hydrogens is 406 g/mol. The van der Waals surface area contributed by atoms with Crippen LogP contribution in [0.2, 0.25) is 0 Å². The second-order valence-electron chi connectivity index (χ2n) is 6.59. The van der Waals surface area contributed by atoms with E-state index in [1.807, 2.05) is 12.1 Å². The van der Waals surface area contributed by atoms with Gasteiger partial charge in [0.05, 0.1) is 7.11 Å². The number of para-hydroxylation sites is 2. The number of nitrogens with zero attached hydrogens (tertiary/aromatic N) is 1. The van der Waals surface area contributed by atoms with Crippen LogP contribution in [0.25, 0.3) is 6.08 Å². The molecule has 0 saturated carbocycles. The van der Waals surface area contributed by atoms with E-state index in [0.29, 0.717) is 28.4 Å². The predicted octanol–water partition coefficient (Wildman–Crippen LogP) is 4.26. The molecule has 0 fully saturated rings. The van der Waals surface area contributed by atoms with Crippen molar-refractivity contribution in [1.82, 2.24) is 0 Å². The van der Waals surface area contributed by atoms with E-state index >= 15 is 0 Å². The van der Waals surface area contributed by atoms with E-state index < -0.39 is 5.91 Å². The van der Waals surface area contributed by atoms with Crippen LogP contribution >= 0.6 is 0 Å². The number of ether oxygens (including phenoxy) is 2. The van der Waals surface area contributed by atoms with Crippen molar-refractivity contribution in [1.29, 1.82) is 5.26 Å². The first-order valence-corrected chi connectivity index (χ1v) is 9.73. The van der Waals surface area contributed by atoms with Gasteiger partial charge in [-0.25, -0.2) is 0 Å². The van der Waals surface area contributed by atoms with E-state index in [2.05, 4.69) is 10.6 Å². The first kappa shape index (κ1) is 22.1. The largest absolute Gasteiger partial charge is 0.497 e. The monoisotopic (exact) mass is 427 g/mol. The van der Waals surface area contributed by atoms with Crippen LogP contribution in [-0.4, -0.2) is 25.5 Å². The molecule has 0 aliphatic carbocycles. The maximum Gasteiger partial charge on any atom is 0.266 e. The number of nitrogens with one attached hydrogen (secondary N) is 2.